The van der Waals surface area contributed by atoms with Gasteiger partial charge in [0.1, 0.15) is 22.8 Å². The number of piperidine rings is 1. The maximum Gasteiger partial charge on any atom is 0.246 e. The first-order valence-corrected chi connectivity index (χ1v) is 10.6. The number of hydrogen-bond acceptors (Lipinski definition) is 5. The number of nitrogens with zero attached hydrogens (tertiary/aromatic N) is 4. The molecule has 2 aromatic carbocycles. The van der Waals surface area contributed by atoms with E-state index in [2.05, 4.69) is 32.5 Å². The fourth-order valence-corrected chi connectivity index (χ4v) is 3.88. The topological polar surface area (TPSA) is 72.3 Å². The van der Waals surface area contributed by atoms with Gasteiger partial charge in [-0.15, -0.1) is 0 Å². The number of hydrogen-bond donors (Lipinski definition) is 1. The van der Waals surface area contributed by atoms with Gasteiger partial charge in [0, 0.05) is 13.1 Å². The van der Waals surface area contributed by atoms with E-state index in [-0.39, 0.29) is 5.91 Å². The van der Waals surface area contributed by atoms with Crippen molar-refractivity contribution in [2.75, 3.05) is 26.7 Å². The Kier molecular flexibility index (Phi) is 6.28. The highest BCUT2D eigenvalue weighted by molar-refractivity contribution is 5.80. The van der Waals surface area contributed by atoms with E-state index in [1.165, 1.54) is 10.4 Å². The predicted molar refractivity (Wildman–Crippen MR) is 116 cm³/mol. The first kappa shape index (κ1) is 20.3. The number of carbonyl (C=O) groups is 1. The third-order valence-corrected chi connectivity index (χ3v) is 5.87. The van der Waals surface area contributed by atoms with Crippen LogP contribution in [0.25, 0.3) is 11.0 Å². The van der Waals surface area contributed by atoms with E-state index < -0.39 is 6.04 Å². The summed E-state index contributed by atoms with van der Waals surface area (Å²) in [6.07, 6.45) is 2.18. The van der Waals surface area contributed by atoms with Crippen molar-refractivity contribution in [3.8, 4) is 5.75 Å². The Morgan fingerprint density at radius 3 is 2.33 bits per heavy atom. The van der Waals surface area contributed by atoms with E-state index in [0.717, 1.165) is 49.3 Å². The summed E-state index contributed by atoms with van der Waals surface area (Å²) in [6.45, 7) is 5.60. The van der Waals surface area contributed by atoms with Crippen LogP contribution in [0.3, 0.4) is 0 Å². The molecule has 7 heteroatoms. The summed E-state index contributed by atoms with van der Waals surface area (Å²) in [6, 6.07) is 15.5. The van der Waals surface area contributed by atoms with Gasteiger partial charge in [-0.1, -0.05) is 24.3 Å². The van der Waals surface area contributed by atoms with Crippen molar-refractivity contribution < 1.29 is 9.53 Å². The zero-order valence-electron chi connectivity index (χ0n) is 17.6. The summed E-state index contributed by atoms with van der Waals surface area (Å²) in [5.41, 5.74) is 2.92. The molecule has 1 saturated heterocycles. The second-order valence-electron chi connectivity index (χ2n) is 8.00. The lowest BCUT2D eigenvalue weighted by atomic mass is 9.96. The van der Waals surface area contributed by atoms with Crippen LogP contribution in [0, 0.1) is 5.92 Å². The van der Waals surface area contributed by atoms with Gasteiger partial charge in [-0.25, -0.2) is 0 Å². The molecule has 0 spiro atoms. The molecule has 30 heavy (non-hydrogen) atoms. The Morgan fingerprint density at radius 1 is 1.10 bits per heavy atom. The summed E-state index contributed by atoms with van der Waals surface area (Å²) in [5.74, 6) is 1.37. The summed E-state index contributed by atoms with van der Waals surface area (Å²) in [4.78, 5) is 16.6. The lowest BCUT2D eigenvalue weighted by Crippen LogP contribution is -2.40. The molecule has 1 aliphatic rings. The normalized spacial score (nSPS) is 16.5. The van der Waals surface area contributed by atoms with Crippen molar-refractivity contribution in [1.82, 2.24) is 25.2 Å². The van der Waals surface area contributed by atoms with Gasteiger partial charge < -0.3 is 10.1 Å². The molecular weight excluding hydrogens is 378 g/mol. The maximum atomic E-state index is 12.6. The molecule has 1 unspecified atom stereocenters. The quantitative estimate of drug-likeness (QED) is 0.652. The average Bonchev–Trinajstić information content (AvgIpc) is 3.23. The van der Waals surface area contributed by atoms with Crippen LogP contribution in [0.5, 0.6) is 5.75 Å². The van der Waals surface area contributed by atoms with Crippen molar-refractivity contribution in [3.05, 3.63) is 54.1 Å². The van der Waals surface area contributed by atoms with Crippen LogP contribution in [-0.2, 0) is 11.3 Å². The number of amides is 1. The summed E-state index contributed by atoms with van der Waals surface area (Å²) >= 11 is 0. The van der Waals surface area contributed by atoms with Crippen molar-refractivity contribution in [3.63, 3.8) is 0 Å². The molecule has 0 aliphatic carbocycles. The van der Waals surface area contributed by atoms with Crippen LogP contribution in [0.2, 0.25) is 0 Å². The molecule has 3 aromatic rings. The van der Waals surface area contributed by atoms with E-state index in [1.54, 1.807) is 7.11 Å². The third kappa shape index (κ3) is 4.79. The number of aromatic nitrogens is 3. The summed E-state index contributed by atoms with van der Waals surface area (Å²) in [5, 5.41) is 11.9. The van der Waals surface area contributed by atoms with Crippen molar-refractivity contribution in [1.29, 1.82) is 0 Å². The van der Waals surface area contributed by atoms with Crippen molar-refractivity contribution in [2.24, 2.45) is 5.92 Å². The maximum absolute atomic E-state index is 12.6. The van der Waals surface area contributed by atoms with Gasteiger partial charge in [-0.2, -0.15) is 15.0 Å². The number of likely N-dealkylation sites (tertiary alicyclic amines) is 1. The molecule has 1 fully saturated rings. The van der Waals surface area contributed by atoms with Gasteiger partial charge in [0.25, 0.3) is 0 Å². The SMILES string of the molecule is COc1ccc(CN2CCC(CNC(=O)C(C)n3nc4ccccc4n3)CC2)cc1. The number of nitrogens with one attached hydrogen (secondary N) is 1. The fraction of sp³-hybridized carbons (Fsp3) is 0.435. The van der Waals surface area contributed by atoms with E-state index in [9.17, 15) is 4.79 Å². The highest BCUT2D eigenvalue weighted by Gasteiger charge is 2.22. The molecule has 2 heterocycles. The Labute approximate surface area is 177 Å². The Bertz CT molecular complexity index is 944. The van der Waals surface area contributed by atoms with Crippen LogP contribution in [0.1, 0.15) is 31.4 Å². The summed E-state index contributed by atoms with van der Waals surface area (Å²) < 4.78 is 5.22. The molecule has 1 aliphatic heterocycles. The smallest absolute Gasteiger partial charge is 0.246 e. The van der Waals surface area contributed by atoms with Gasteiger partial charge in [0.2, 0.25) is 5.91 Å². The Morgan fingerprint density at radius 2 is 1.73 bits per heavy atom. The first-order valence-electron chi connectivity index (χ1n) is 10.6. The number of rotatable bonds is 7. The van der Waals surface area contributed by atoms with Gasteiger partial charge in [0.05, 0.1) is 7.11 Å². The molecule has 0 bridgehead atoms. The second-order valence-corrected chi connectivity index (χ2v) is 8.00. The number of fused-ring (bicyclic) bond motifs is 1. The highest BCUT2D eigenvalue weighted by Crippen LogP contribution is 2.20. The molecular formula is C23H29N5O2. The monoisotopic (exact) mass is 407 g/mol. The zero-order chi connectivity index (χ0) is 20.9. The first-order chi connectivity index (χ1) is 14.6. The van der Waals surface area contributed by atoms with Crippen LogP contribution in [0.4, 0.5) is 0 Å². The van der Waals surface area contributed by atoms with Gasteiger partial charge in [0.15, 0.2) is 0 Å². The fourth-order valence-electron chi connectivity index (χ4n) is 3.88. The lowest BCUT2D eigenvalue weighted by Gasteiger charge is -2.32. The predicted octanol–water partition coefficient (Wildman–Crippen LogP) is 3.03. The molecule has 0 radical (unpaired) electrons. The molecule has 1 aromatic heterocycles. The standard InChI is InChI=1S/C23H29N5O2/c1-17(28-25-21-5-3-4-6-22(21)26-28)23(29)24-15-18-11-13-27(14-12-18)16-19-7-9-20(30-2)10-8-19/h3-10,17-18H,11-16H2,1-2H3,(H,24,29). The number of benzene rings is 2. The molecule has 7 nitrogen and oxygen atoms in total. The molecule has 1 amide bonds. The van der Waals surface area contributed by atoms with E-state index in [4.69, 9.17) is 4.74 Å². The Balaban J connectivity index is 1.22. The zero-order valence-corrected chi connectivity index (χ0v) is 17.6. The van der Waals surface area contributed by atoms with Gasteiger partial charge in [-0.05, 0) is 68.6 Å². The van der Waals surface area contributed by atoms with Crippen LogP contribution >= 0.6 is 0 Å². The lowest BCUT2D eigenvalue weighted by molar-refractivity contribution is -0.124. The highest BCUT2D eigenvalue weighted by atomic mass is 16.5. The Hall–Kier alpha value is -2.93. The number of methoxy groups -OCH3 is 1. The molecule has 1 N–H and O–H groups in total. The van der Waals surface area contributed by atoms with E-state index in [0.29, 0.717) is 12.5 Å². The van der Waals surface area contributed by atoms with Crippen LogP contribution in [0.15, 0.2) is 48.5 Å². The minimum atomic E-state index is -0.424. The molecule has 4 rings (SSSR count). The van der Waals surface area contributed by atoms with Gasteiger partial charge >= 0.3 is 0 Å². The second kappa shape index (κ2) is 9.26. The van der Waals surface area contributed by atoms with Crippen LogP contribution < -0.4 is 10.1 Å². The minimum Gasteiger partial charge on any atom is -0.497 e. The molecule has 158 valence electrons. The van der Waals surface area contributed by atoms with Gasteiger partial charge in [-0.3, -0.25) is 9.69 Å². The molecule has 0 saturated carbocycles. The summed E-state index contributed by atoms with van der Waals surface area (Å²) in [7, 11) is 1.69. The van der Waals surface area contributed by atoms with Crippen LogP contribution in [-0.4, -0.2) is 52.5 Å². The van der Waals surface area contributed by atoms with E-state index in [1.807, 2.05) is 43.3 Å². The number of carbonyl (C=O) groups excluding carboxylic acids is 1. The van der Waals surface area contributed by atoms with E-state index >= 15 is 0 Å². The minimum absolute atomic E-state index is 0.0315. The number of ether oxygens (including phenoxy) is 1. The average molecular weight is 408 g/mol. The molecule has 1 atom stereocenters. The largest absolute Gasteiger partial charge is 0.497 e. The van der Waals surface area contributed by atoms with Crippen molar-refractivity contribution >= 4 is 16.9 Å². The van der Waals surface area contributed by atoms with Crippen molar-refractivity contribution in [2.45, 2.75) is 32.4 Å². The third-order valence-electron chi connectivity index (χ3n) is 5.87.